The molecule has 164 valence electrons. The van der Waals surface area contributed by atoms with E-state index in [1.54, 1.807) is 38.2 Å². The Morgan fingerprint density at radius 1 is 1.22 bits per heavy atom. The highest BCUT2D eigenvalue weighted by Gasteiger charge is 2.35. The number of hydrogen-bond donors (Lipinski definition) is 1. The van der Waals surface area contributed by atoms with Crippen molar-refractivity contribution >= 4 is 46.4 Å². The first kappa shape index (κ1) is 22.1. The topological polar surface area (TPSA) is 75.2 Å². The fourth-order valence-electron chi connectivity index (χ4n) is 3.64. The van der Waals surface area contributed by atoms with Crippen LogP contribution in [0.5, 0.6) is 0 Å². The number of benzene rings is 1. The minimum absolute atomic E-state index is 0.160. The van der Waals surface area contributed by atoms with Gasteiger partial charge in [-0.2, -0.15) is 0 Å². The molecule has 0 bridgehead atoms. The number of nitrogens with one attached hydrogen (secondary N) is 1. The summed E-state index contributed by atoms with van der Waals surface area (Å²) in [5.41, 5.74) is 2.13. The van der Waals surface area contributed by atoms with Gasteiger partial charge in [0.05, 0.1) is 28.0 Å². The van der Waals surface area contributed by atoms with E-state index in [1.165, 1.54) is 4.90 Å². The summed E-state index contributed by atoms with van der Waals surface area (Å²) in [4.78, 5) is 36.0. The van der Waals surface area contributed by atoms with Gasteiger partial charge in [0.25, 0.3) is 0 Å². The molecule has 32 heavy (non-hydrogen) atoms. The van der Waals surface area contributed by atoms with Crippen molar-refractivity contribution in [3.8, 4) is 11.1 Å². The fraction of sp³-hybridized carbons (Fsp3) is 0.182. The van der Waals surface area contributed by atoms with Crippen LogP contribution in [0, 0.1) is 18.6 Å². The molecule has 0 saturated carbocycles. The summed E-state index contributed by atoms with van der Waals surface area (Å²) < 4.78 is 27.8. The van der Waals surface area contributed by atoms with Gasteiger partial charge >= 0.3 is 0 Å². The lowest BCUT2D eigenvalue weighted by Crippen LogP contribution is -2.40. The van der Waals surface area contributed by atoms with Crippen LogP contribution in [0.2, 0.25) is 10.2 Å². The maximum atomic E-state index is 14.1. The standard InChI is InChI=1S/C22H16Cl2F2N4O2/c1-10-6-17-19(21(24)28-10)12-4-3-5-27-20(12)11(2)22(32)30(17)9-18(31)29-16-8-14(25)13(23)7-15(16)26/h3-8,11H,9H2,1-2H3,(H,29,31)/t11-/m0/s1. The Labute approximate surface area is 192 Å². The quantitative estimate of drug-likeness (QED) is 0.420. The van der Waals surface area contributed by atoms with E-state index in [9.17, 15) is 18.4 Å². The van der Waals surface area contributed by atoms with Crippen molar-refractivity contribution in [2.45, 2.75) is 19.8 Å². The third-order valence-corrected chi connectivity index (χ3v) is 5.68. The van der Waals surface area contributed by atoms with Gasteiger partial charge in [-0.25, -0.2) is 13.8 Å². The minimum atomic E-state index is -0.902. The lowest BCUT2D eigenvalue weighted by atomic mass is 9.98. The van der Waals surface area contributed by atoms with Crippen molar-refractivity contribution in [3.63, 3.8) is 0 Å². The zero-order chi connectivity index (χ0) is 23.2. The second-order valence-electron chi connectivity index (χ2n) is 7.33. The van der Waals surface area contributed by atoms with Crippen LogP contribution in [0.15, 0.2) is 36.5 Å². The van der Waals surface area contributed by atoms with Gasteiger partial charge in [-0.15, -0.1) is 0 Å². The number of rotatable bonds is 3. The maximum Gasteiger partial charge on any atom is 0.244 e. The molecule has 3 heterocycles. The van der Waals surface area contributed by atoms with Gasteiger partial charge in [0.1, 0.15) is 23.3 Å². The smallest absolute Gasteiger partial charge is 0.244 e. The molecule has 0 spiro atoms. The number of carbonyl (C=O) groups is 2. The van der Waals surface area contributed by atoms with Crippen LogP contribution in [-0.2, 0) is 9.59 Å². The van der Waals surface area contributed by atoms with E-state index in [1.807, 2.05) is 0 Å². The van der Waals surface area contributed by atoms with Crippen LogP contribution in [0.1, 0.15) is 24.2 Å². The van der Waals surface area contributed by atoms with Gasteiger partial charge in [0.15, 0.2) is 0 Å². The molecular weight excluding hydrogens is 461 g/mol. The molecule has 10 heteroatoms. The van der Waals surface area contributed by atoms with E-state index < -0.39 is 40.9 Å². The number of carbonyl (C=O) groups excluding carboxylic acids is 2. The Hall–Kier alpha value is -3.10. The van der Waals surface area contributed by atoms with Gasteiger partial charge < -0.3 is 10.2 Å². The largest absolute Gasteiger partial charge is 0.322 e. The Morgan fingerprint density at radius 3 is 2.72 bits per heavy atom. The summed E-state index contributed by atoms with van der Waals surface area (Å²) in [6, 6.07) is 6.68. The van der Waals surface area contributed by atoms with Gasteiger partial charge in [0.2, 0.25) is 11.8 Å². The van der Waals surface area contributed by atoms with Crippen molar-refractivity contribution in [2.24, 2.45) is 0 Å². The van der Waals surface area contributed by atoms with Crippen molar-refractivity contribution in [1.29, 1.82) is 0 Å². The molecule has 0 unspecified atom stereocenters. The summed E-state index contributed by atoms with van der Waals surface area (Å²) in [5, 5.41) is 2.04. The summed E-state index contributed by atoms with van der Waals surface area (Å²) >= 11 is 12.0. The number of halogens is 4. The molecule has 2 amide bonds. The second-order valence-corrected chi connectivity index (χ2v) is 8.09. The molecule has 1 aliphatic heterocycles. The lowest BCUT2D eigenvalue weighted by Gasteiger charge is -2.25. The number of nitrogens with zero attached hydrogens (tertiary/aromatic N) is 3. The molecule has 0 saturated heterocycles. The number of aryl methyl sites for hydroxylation is 1. The first-order valence-corrected chi connectivity index (χ1v) is 10.3. The molecule has 0 radical (unpaired) electrons. The molecule has 1 aliphatic rings. The average molecular weight is 477 g/mol. The average Bonchev–Trinajstić information content (AvgIpc) is 2.82. The molecule has 4 rings (SSSR count). The van der Waals surface area contributed by atoms with E-state index >= 15 is 0 Å². The first-order valence-electron chi connectivity index (χ1n) is 9.55. The van der Waals surface area contributed by atoms with E-state index in [0.29, 0.717) is 28.2 Å². The highest BCUT2D eigenvalue weighted by Crippen LogP contribution is 2.43. The van der Waals surface area contributed by atoms with Crippen molar-refractivity contribution in [3.05, 3.63) is 69.7 Å². The molecular formula is C22H16Cl2F2N4O2. The van der Waals surface area contributed by atoms with E-state index in [0.717, 1.165) is 12.1 Å². The highest BCUT2D eigenvalue weighted by molar-refractivity contribution is 6.33. The number of hydrogen-bond acceptors (Lipinski definition) is 4. The Morgan fingerprint density at radius 2 is 1.97 bits per heavy atom. The van der Waals surface area contributed by atoms with Gasteiger partial charge in [-0.05, 0) is 32.0 Å². The number of aromatic nitrogens is 2. The lowest BCUT2D eigenvalue weighted by molar-refractivity contribution is -0.122. The summed E-state index contributed by atoms with van der Waals surface area (Å²) in [7, 11) is 0. The molecule has 1 N–H and O–H groups in total. The zero-order valence-corrected chi connectivity index (χ0v) is 18.4. The number of amides is 2. The Bertz CT molecular complexity index is 1270. The van der Waals surface area contributed by atoms with Crippen molar-refractivity contribution < 1.29 is 18.4 Å². The van der Waals surface area contributed by atoms with Crippen LogP contribution < -0.4 is 10.2 Å². The van der Waals surface area contributed by atoms with Crippen LogP contribution >= 0.6 is 23.2 Å². The Balaban J connectivity index is 1.76. The third kappa shape index (κ3) is 3.91. The molecule has 0 aliphatic carbocycles. The van der Waals surface area contributed by atoms with Gasteiger partial charge in [-0.1, -0.05) is 29.3 Å². The Kier molecular flexibility index (Phi) is 5.83. The van der Waals surface area contributed by atoms with Crippen LogP contribution in [0.25, 0.3) is 11.1 Å². The van der Waals surface area contributed by atoms with Gasteiger partial charge in [-0.3, -0.25) is 14.6 Å². The van der Waals surface area contributed by atoms with Crippen molar-refractivity contribution in [1.82, 2.24) is 9.97 Å². The monoisotopic (exact) mass is 476 g/mol. The number of pyridine rings is 2. The SMILES string of the molecule is Cc1cc2c(c(Cl)n1)-c1cccnc1[C@H](C)C(=O)N2CC(=O)Nc1cc(F)c(Cl)cc1F. The number of fused-ring (bicyclic) bond motifs is 3. The van der Waals surface area contributed by atoms with Crippen molar-refractivity contribution in [2.75, 3.05) is 16.8 Å². The van der Waals surface area contributed by atoms with Gasteiger partial charge in [0, 0.05) is 29.1 Å². The van der Waals surface area contributed by atoms with E-state index in [4.69, 9.17) is 23.2 Å². The summed E-state index contributed by atoms with van der Waals surface area (Å²) in [6.45, 7) is 2.92. The van der Waals surface area contributed by atoms with E-state index in [2.05, 4.69) is 15.3 Å². The fourth-order valence-corrected chi connectivity index (χ4v) is 4.12. The highest BCUT2D eigenvalue weighted by atomic mass is 35.5. The molecule has 3 aromatic rings. The predicted octanol–water partition coefficient (Wildman–Crippen LogP) is 5.13. The second kappa shape index (κ2) is 8.44. The van der Waals surface area contributed by atoms with Crippen LogP contribution in [-0.4, -0.2) is 28.3 Å². The summed E-state index contributed by atoms with van der Waals surface area (Å²) in [6.07, 6.45) is 1.57. The zero-order valence-electron chi connectivity index (χ0n) is 16.9. The van der Waals surface area contributed by atoms with E-state index in [-0.39, 0.29) is 10.8 Å². The normalized spacial score (nSPS) is 15.1. The predicted molar refractivity (Wildman–Crippen MR) is 118 cm³/mol. The number of anilines is 2. The molecule has 2 aromatic heterocycles. The van der Waals surface area contributed by atoms with Crippen LogP contribution in [0.4, 0.5) is 20.2 Å². The third-order valence-electron chi connectivity index (χ3n) is 5.11. The molecule has 6 nitrogen and oxygen atoms in total. The molecule has 1 aromatic carbocycles. The summed E-state index contributed by atoms with van der Waals surface area (Å²) in [5.74, 6) is -3.61. The molecule has 1 atom stereocenters. The first-order chi connectivity index (χ1) is 15.2. The molecule has 0 fully saturated rings. The maximum absolute atomic E-state index is 14.1. The minimum Gasteiger partial charge on any atom is -0.322 e. The van der Waals surface area contributed by atoms with Crippen LogP contribution in [0.3, 0.4) is 0 Å².